The Kier molecular flexibility index (Phi) is 3.84. The summed E-state index contributed by atoms with van der Waals surface area (Å²) in [4.78, 5) is 2.47. The third kappa shape index (κ3) is 2.96. The van der Waals surface area contributed by atoms with Crippen LogP contribution in [0.2, 0.25) is 5.02 Å². The number of benzene rings is 1. The Bertz CT molecular complexity index is 456. The largest absolute Gasteiger partial charge is 0.314 e. The SMILES string of the molecule is Cc1ccc(C2C(CNC3CC3)CCN2C)cc1Cl. The Labute approximate surface area is 121 Å². The van der Waals surface area contributed by atoms with E-state index in [1.165, 1.54) is 36.9 Å². The quantitative estimate of drug-likeness (QED) is 0.908. The van der Waals surface area contributed by atoms with Crippen LogP contribution in [0.3, 0.4) is 0 Å². The lowest BCUT2D eigenvalue weighted by atomic mass is 9.93. The molecular weight excluding hydrogens is 256 g/mol. The van der Waals surface area contributed by atoms with Crippen molar-refractivity contribution in [2.75, 3.05) is 20.1 Å². The van der Waals surface area contributed by atoms with Crippen molar-refractivity contribution in [2.24, 2.45) is 5.92 Å². The molecule has 1 heterocycles. The summed E-state index contributed by atoms with van der Waals surface area (Å²) in [6, 6.07) is 7.87. The van der Waals surface area contributed by atoms with E-state index in [0.29, 0.717) is 12.0 Å². The van der Waals surface area contributed by atoms with Crippen LogP contribution in [0.4, 0.5) is 0 Å². The minimum atomic E-state index is 0.518. The monoisotopic (exact) mass is 278 g/mol. The molecule has 2 fully saturated rings. The first-order valence-corrected chi connectivity index (χ1v) is 7.72. The minimum absolute atomic E-state index is 0.518. The highest BCUT2D eigenvalue weighted by Crippen LogP contribution is 2.37. The minimum Gasteiger partial charge on any atom is -0.314 e. The summed E-state index contributed by atoms with van der Waals surface area (Å²) in [7, 11) is 2.23. The summed E-state index contributed by atoms with van der Waals surface area (Å²) in [5.41, 5.74) is 2.54. The van der Waals surface area contributed by atoms with E-state index in [2.05, 4.69) is 42.4 Å². The van der Waals surface area contributed by atoms with Crippen LogP contribution in [0.15, 0.2) is 18.2 Å². The average Bonchev–Trinajstić information content (AvgIpc) is 3.14. The second-order valence-electron chi connectivity index (χ2n) is 6.17. The number of hydrogen-bond acceptors (Lipinski definition) is 2. The molecule has 1 aliphatic carbocycles. The third-order valence-corrected chi connectivity index (χ3v) is 4.96. The Hall–Kier alpha value is -0.570. The molecule has 0 bridgehead atoms. The zero-order chi connectivity index (χ0) is 13.4. The van der Waals surface area contributed by atoms with Crippen molar-refractivity contribution in [3.63, 3.8) is 0 Å². The van der Waals surface area contributed by atoms with Crippen molar-refractivity contribution in [3.05, 3.63) is 34.3 Å². The van der Waals surface area contributed by atoms with E-state index in [1.807, 2.05) is 0 Å². The molecule has 1 saturated heterocycles. The van der Waals surface area contributed by atoms with Gasteiger partial charge in [0.15, 0.2) is 0 Å². The molecule has 2 atom stereocenters. The van der Waals surface area contributed by atoms with Gasteiger partial charge < -0.3 is 5.32 Å². The van der Waals surface area contributed by atoms with Gasteiger partial charge in [0.25, 0.3) is 0 Å². The van der Waals surface area contributed by atoms with Gasteiger partial charge in [-0.05, 0) is 62.9 Å². The van der Waals surface area contributed by atoms with Gasteiger partial charge in [0, 0.05) is 23.7 Å². The number of aryl methyl sites for hydroxylation is 1. The van der Waals surface area contributed by atoms with Crippen LogP contribution in [-0.2, 0) is 0 Å². The van der Waals surface area contributed by atoms with Crippen molar-refractivity contribution < 1.29 is 0 Å². The Balaban J connectivity index is 1.75. The van der Waals surface area contributed by atoms with Crippen LogP contribution < -0.4 is 5.32 Å². The maximum atomic E-state index is 6.29. The molecule has 3 rings (SSSR count). The molecule has 0 aromatic heterocycles. The van der Waals surface area contributed by atoms with Crippen LogP contribution in [-0.4, -0.2) is 31.1 Å². The molecule has 1 saturated carbocycles. The molecule has 3 heteroatoms. The molecule has 1 N–H and O–H groups in total. The standard InChI is InChI=1S/C16H23ClN2/c1-11-3-4-12(9-15(11)17)16-13(7-8-19(16)2)10-18-14-5-6-14/h3-4,9,13-14,16,18H,5-8,10H2,1-2H3. The maximum Gasteiger partial charge on any atom is 0.0438 e. The fourth-order valence-electron chi connectivity index (χ4n) is 3.17. The summed E-state index contributed by atoms with van der Waals surface area (Å²) in [5, 5.41) is 4.58. The van der Waals surface area contributed by atoms with E-state index in [-0.39, 0.29) is 0 Å². The molecule has 2 aliphatic rings. The smallest absolute Gasteiger partial charge is 0.0438 e. The van der Waals surface area contributed by atoms with E-state index in [9.17, 15) is 0 Å². The highest BCUT2D eigenvalue weighted by Gasteiger charge is 2.34. The fourth-order valence-corrected chi connectivity index (χ4v) is 3.35. The van der Waals surface area contributed by atoms with Gasteiger partial charge in [-0.3, -0.25) is 4.90 Å². The molecule has 0 spiro atoms. The van der Waals surface area contributed by atoms with Gasteiger partial charge in [-0.25, -0.2) is 0 Å². The molecular formula is C16H23ClN2. The van der Waals surface area contributed by atoms with Gasteiger partial charge in [-0.2, -0.15) is 0 Å². The van der Waals surface area contributed by atoms with Gasteiger partial charge in [0.2, 0.25) is 0 Å². The van der Waals surface area contributed by atoms with Gasteiger partial charge in [0.1, 0.15) is 0 Å². The average molecular weight is 279 g/mol. The van der Waals surface area contributed by atoms with Crippen LogP contribution >= 0.6 is 11.6 Å². The van der Waals surface area contributed by atoms with Crippen LogP contribution in [0.1, 0.15) is 36.4 Å². The highest BCUT2D eigenvalue weighted by atomic mass is 35.5. The lowest BCUT2D eigenvalue weighted by Crippen LogP contribution is -2.29. The summed E-state index contributed by atoms with van der Waals surface area (Å²) in [5.74, 6) is 0.712. The molecule has 2 nitrogen and oxygen atoms in total. The van der Waals surface area contributed by atoms with Crippen LogP contribution in [0.5, 0.6) is 0 Å². The maximum absolute atomic E-state index is 6.29. The van der Waals surface area contributed by atoms with E-state index in [0.717, 1.165) is 17.6 Å². The van der Waals surface area contributed by atoms with Crippen LogP contribution in [0.25, 0.3) is 0 Å². The fraction of sp³-hybridized carbons (Fsp3) is 0.625. The lowest BCUT2D eigenvalue weighted by Gasteiger charge is -2.26. The van der Waals surface area contributed by atoms with Crippen molar-refractivity contribution in [1.82, 2.24) is 10.2 Å². The lowest BCUT2D eigenvalue weighted by molar-refractivity contribution is 0.272. The second kappa shape index (κ2) is 5.43. The number of likely N-dealkylation sites (tertiary alicyclic amines) is 1. The van der Waals surface area contributed by atoms with Gasteiger partial charge in [-0.15, -0.1) is 0 Å². The zero-order valence-corrected chi connectivity index (χ0v) is 12.6. The predicted molar refractivity (Wildman–Crippen MR) is 80.7 cm³/mol. The number of rotatable bonds is 4. The number of hydrogen-bond donors (Lipinski definition) is 1. The van der Waals surface area contributed by atoms with Gasteiger partial charge in [-0.1, -0.05) is 23.7 Å². The number of halogens is 1. The first-order chi connectivity index (χ1) is 9.15. The van der Waals surface area contributed by atoms with Crippen molar-refractivity contribution in [2.45, 2.75) is 38.3 Å². The van der Waals surface area contributed by atoms with E-state index < -0.39 is 0 Å². The summed E-state index contributed by atoms with van der Waals surface area (Å²) < 4.78 is 0. The molecule has 1 aromatic rings. The van der Waals surface area contributed by atoms with E-state index in [1.54, 1.807) is 0 Å². The molecule has 2 unspecified atom stereocenters. The first kappa shape index (κ1) is 13.4. The highest BCUT2D eigenvalue weighted by molar-refractivity contribution is 6.31. The summed E-state index contributed by atoms with van der Waals surface area (Å²) in [6.07, 6.45) is 4.01. The van der Waals surface area contributed by atoms with Gasteiger partial charge >= 0.3 is 0 Å². The van der Waals surface area contributed by atoms with Crippen molar-refractivity contribution in [3.8, 4) is 0 Å². The normalized spacial score (nSPS) is 27.9. The summed E-state index contributed by atoms with van der Waals surface area (Å²) >= 11 is 6.29. The molecule has 19 heavy (non-hydrogen) atoms. The molecule has 104 valence electrons. The topological polar surface area (TPSA) is 15.3 Å². The Morgan fingerprint density at radius 3 is 2.79 bits per heavy atom. The van der Waals surface area contributed by atoms with Crippen LogP contribution in [0, 0.1) is 12.8 Å². The first-order valence-electron chi connectivity index (χ1n) is 7.35. The van der Waals surface area contributed by atoms with E-state index in [4.69, 9.17) is 11.6 Å². The molecule has 0 radical (unpaired) electrons. The third-order valence-electron chi connectivity index (χ3n) is 4.56. The zero-order valence-electron chi connectivity index (χ0n) is 11.8. The number of nitrogens with zero attached hydrogens (tertiary/aromatic N) is 1. The van der Waals surface area contributed by atoms with Crippen molar-refractivity contribution >= 4 is 11.6 Å². The molecule has 0 amide bonds. The molecule has 1 aromatic carbocycles. The van der Waals surface area contributed by atoms with Crippen molar-refractivity contribution in [1.29, 1.82) is 0 Å². The summed E-state index contributed by atoms with van der Waals surface area (Å²) in [6.45, 7) is 4.40. The Morgan fingerprint density at radius 2 is 2.11 bits per heavy atom. The molecule has 1 aliphatic heterocycles. The van der Waals surface area contributed by atoms with E-state index >= 15 is 0 Å². The second-order valence-corrected chi connectivity index (χ2v) is 6.57. The Morgan fingerprint density at radius 1 is 1.32 bits per heavy atom. The number of nitrogens with one attached hydrogen (secondary N) is 1. The predicted octanol–water partition coefficient (Wildman–Crippen LogP) is 3.39. The van der Waals surface area contributed by atoms with Gasteiger partial charge in [0.05, 0.1) is 0 Å².